The average Bonchev–Trinajstić information content (AvgIpc) is 2.57. The van der Waals surface area contributed by atoms with E-state index in [2.05, 4.69) is 31.4 Å². The number of aromatic nitrogens is 1. The molecule has 0 bridgehead atoms. The van der Waals surface area contributed by atoms with Crippen LogP contribution in [0.4, 0.5) is 11.5 Å². The van der Waals surface area contributed by atoms with Crippen LogP contribution in [0, 0.1) is 10.1 Å². The highest BCUT2D eigenvalue weighted by Crippen LogP contribution is 2.36. The third-order valence-corrected chi connectivity index (χ3v) is 3.50. The van der Waals surface area contributed by atoms with E-state index in [0.29, 0.717) is 28.1 Å². The number of nitro groups is 1. The van der Waals surface area contributed by atoms with Crippen molar-refractivity contribution in [3.8, 4) is 11.5 Å². The zero-order valence-electron chi connectivity index (χ0n) is 13.0. The molecule has 1 aromatic carbocycles. The quantitative estimate of drug-likeness (QED) is 0.437. The minimum Gasteiger partial charge on any atom is -0.493 e. The molecule has 9 heteroatoms. The number of methoxy groups -OCH3 is 1. The van der Waals surface area contributed by atoms with Crippen LogP contribution in [0.3, 0.4) is 0 Å². The Balaban J connectivity index is 2.21. The molecular formula is C15H15BrN4O4. The number of ether oxygens (including phenoxy) is 2. The van der Waals surface area contributed by atoms with E-state index in [9.17, 15) is 10.1 Å². The molecular weight excluding hydrogens is 380 g/mol. The molecule has 0 fully saturated rings. The second kappa shape index (κ2) is 8.25. The second-order valence-corrected chi connectivity index (χ2v) is 5.32. The number of hydrogen-bond donors (Lipinski definition) is 1. The highest BCUT2D eigenvalue weighted by Gasteiger charge is 2.13. The van der Waals surface area contributed by atoms with Crippen molar-refractivity contribution >= 4 is 33.6 Å². The maximum atomic E-state index is 10.9. The molecule has 0 spiro atoms. The summed E-state index contributed by atoms with van der Waals surface area (Å²) in [6.07, 6.45) is 2.95. The maximum absolute atomic E-state index is 10.9. The fourth-order valence-electron chi connectivity index (χ4n) is 1.90. The summed E-state index contributed by atoms with van der Waals surface area (Å²) in [5.74, 6) is 1.22. The molecule has 126 valence electrons. The highest BCUT2D eigenvalue weighted by atomic mass is 79.9. The summed E-state index contributed by atoms with van der Waals surface area (Å²) in [6.45, 7) is 2.39. The first-order valence-electron chi connectivity index (χ1n) is 6.95. The summed E-state index contributed by atoms with van der Waals surface area (Å²) < 4.78 is 11.5. The molecule has 24 heavy (non-hydrogen) atoms. The third kappa shape index (κ3) is 4.19. The van der Waals surface area contributed by atoms with Crippen molar-refractivity contribution in [1.82, 2.24) is 4.98 Å². The van der Waals surface area contributed by atoms with Gasteiger partial charge in [-0.15, -0.1) is 0 Å². The molecule has 0 radical (unpaired) electrons. The lowest BCUT2D eigenvalue weighted by Crippen LogP contribution is -2.00. The first kappa shape index (κ1) is 17.7. The maximum Gasteiger partial charge on any atom is 0.313 e. The van der Waals surface area contributed by atoms with Gasteiger partial charge in [-0.05, 0) is 46.6 Å². The van der Waals surface area contributed by atoms with Gasteiger partial charge < -0.3 is 9.47 Å². The van der Waals surface area contributed by atoms with Crippen LogP contribution in [0.15, 0.2) is 40.0 Å². The van der Waals surface area contributed by atoms with Crippen molar-refractivity contribution in [2.24, 2.45) is 5.10 Å². The predicted molar refractivity (Wildman–Crippen MR) is 94.0 cm³/mol. The fourth-order valence-corrected chi connectivity index (χ4v) is 2.47. The Hall–Kier alpha value is -2.68. The monoisotopic (exact) mass is 394 g/mol. The molecule has 2 rings (SSSR count). The molecule has 0 saturated heterocycles. The molecule has 8 nitrogen and oxygen atoms in total. The molecule has 1 N–H and O–H groups in total. The largest absolute Gasteiger partial charge is 0.493 e. The molecule has 0 aliphatic heterocycles. The van der Waals surface area contributed by atoms with Crippen molar-refractivity contribution in [3.63, 3.8) is 0 Å². The van der Waals surface area contributed by atoms with E-state index < -0.39 is 4.92 Å². The van der Waals surface area contributed by atoms with Crippen LogP contribution in [0.25, 0.3) is 0 Å². The van der Waals surface area contributed by atoms with Gasteiger partial charge in [-0.3, -0.25) is 15.5 Å². The lowest BCUT2D eigenvalue weighted by Gasteiger charge is -2.11. The summed E-state index contributed by atoms with van der Waals surface area (Å²) in [5.41, 5.74) is 3.13. The summed E-state index contributed by atoms with van der Waals surface area (Å²) in [7, 11) is 1.54. The van der Waals surface area contributed by atoms with Crippen molar-refractivity contribution in [3.05, 3.63) is 50.6 Å². The summed E-state index contributed by atoms with van der Waals surface area (Å²) in [5, 5.41) is 14.9. The molecule has 0 aliphatic rings. The Morgan fingerprint density at radius 3 is 2.96 bits per heavy atom. The van der Waals surface area contributed by atoms with Gasteiger partial charge in [-0.1, -0.05) is 0 Å². The molecule has 2 aromatic rings. The fraction of sp³-hybridized carbons (Fsp3) is 0.200. The van der Waals surface area contributed by atoms with Gasteiger partial charge in [0.2, 0.25) is 5.82 Å². The number of benzene rings is 1. The first-order chi connectivity index (χ1) is 11.6. The molecule has 1 aromatic heterocycles. The van der Waals surface area contributed by atoms with Gasteiger partial charge in [-0.25, -0.2) is 4.98 Å². The van der Waals surface area contributed by atoms with Gasteiger partial charge in [0.15, 0.2) is 11.5 Å². The number of nitrogens with one attached hydrogen (secondary N) is 1. The Morgan fingerprint density at radius 1 is 1.50 bits per heavy atom. The Bertz CT molecular complexity index is 767. The number of anilines is 1. The van der Waals surface area contributed by atoms with Crippen molar-refractivity contribution < 1.29 is 14.4 Å². The Morgan fingerprint density at radius 2 is 2.29 bits per heavy atom. The molecule has 0 amide bonds. The number of rotatable bonds is 7. The molecule has 1 heterocycles. The Labute approximate surface area is 146 Å². The van der Waals surface area contributed by atoms with E-state index in [-0.39, 0.29) is 11.5 Å². The smallest absolute Gasteiger partial charge is 0.313 e. The zero-order valence-corrected chi connectivity index (χ0v) is 14.6. The molecule has 0 aliphatic carbocycles. The van der Waals surface area contributed by atoms with Gasteiger partial charge >= 0.3 is 5.69 Å². The third-order valence-electron chi connectivity index (χ3n) is 2.91. The van der Waals surface area contributed by atoms with E-state index in [1.807, 2.05) is 6.92 Å². The number of hydrogen-bond acceptors (Lipinski definition) is 7. The van der Waals surface area contributed by atoms with E-state index in [4.69, 9.17) is 9.47 Å². The van der Waals surface area contributed by atoms with Crippen LogP contribution in [0.5, 0.6) is 11.5 Å². The van der Waals surface area contributed by atoms with Crippen LogP contribution < -0.4 is 14.9 Å². The van der Waals surface area contributed by atoms with Gasteiger partial charge in [0.05, 0.1) is 29.3 Å². The molecule has 0 saturated carbocycles. The topological polar surface area (TPSA) is 98.9 Å². The van der Waals surface area contributed by atoms with Crippen molar-refractivity contribution in [2.75, 3.05) is 19.1 Å². The lowest BCUT2D eigenvalue weighted by molar-refractivity contribution is -0.384. The van der Waals surface area contributed by atoms with E-state index in [1.54, 1.807) is 19.2 Å². The van der Waals surface area contributed by atoms with Crippen LogP contribution >= 0.6 is 15.9 Å². The van der Waals surface area contributed by atoms with Gasteiger partial charge in [0, 0.05) is 12.3 Å². The summed E-state index contributed by atoms with van der Waals surface area (Å²) in [6, 6.07) is 6.38. The van der Waals surface area contributed by atoms with Crippen LogP contribution in [0.1, 0.15) is 12.5 Å². The van der Waals surface area contributed by atoms with Crippen molar-refractivity contribution in [1.29, 1.82) is 0 Å². The van der Waals surface area contributed by atoms with Gasteiger partial charge in [-0.2, -0.15) is 5.10 Å². The minimum atomic E-state index is -0.526. The average molecular weight is 395 g/mol. The number of nitrogens with zero attached hydrogens (tertiary/aromatic N) is 3. The minimum absolute atomic E-state index is 0.0655. The van der Waals surface area contributed by atoms with E-state index in [0.717, 1.165) is 0 Å². The Kier molecular flexibility index (Phi) is 6.07. The van der Waals surface area contributed by atoms with E-state index in [1.165, 1.54) is 24.5 Å². The first-order valence-corrected chi connectivity index (χ1v) is 7.75. The van der Waals surface area contributed by atoms with Crippen molar-refractivity contribution in [2.45, 2.75) is 6.92 Å². The molecule has 0 unspecified atom stereocenters. The zero-order chi connectivity index (χ0) is 17.5. The van der Waals surface area contributed by atoms with Gasteiger partial charge in [0.25, 0.3) is 0 Å². The lowest BCUT2D eigenvalue weighted by atomic mass is 10.2. The predicted octanol–water partition coefficient (Wildman–Crippen LogP) is 3.61. The van der Waals surface area contributed by atoms with E-state index >= 15 is 0 Å². The van der Waals surface area contributed by atoms with Crippen LogP contribution in [-0.4, -0.2) is 29.8 Å². The molecule has 0 atom stereocenters. The SMILES string of the molecule is CCOc1c(Br)cc(/C=N\Nc2ncccc2[N+](=O)[O-])cc1OC. The van der Waals surface area contributed by atoms with Gasteiger partial charge in [0.1, 0.15) is 0 Å². The standard InChI is InChI=1S/C15H15BrN4O4/c1-3-24-14-11(16)7-10(8-13(14)23-2)9-18-19-15-12(20(21)22)5-4-6-17-15/h4-9H,3H2,1-2H3,(H,17,19)/b18-9-. The normalized spacial score (nSPS) is 10.6. The second-order valence-electron chi connectivity index (χ2n) is 4.47. The number of halogens is 1. The summed E-state index contributed by atoms with van der Waals surface area (Å²) >= 11 is 3.42. The highest BCUT2D eigenvalue weighted by molar-refractivity contribution is 9.10. The number of hydrazone groups is 1. The van der Waals surface area contributed by atoms with Crippen LogP contribution in [-0.2, 0) is 0 Å². The van der Waals surface area contributed by atoms with Crippen LogP contribution in [0.2, 0.25) is 0 Å². The summed E-state index contributed by atoms with van der Waals surface area (Å²) in [4.78, 5) is 14.3. The number of pyridine rings is 1.